The van der Waals surface area contributed by atoms with Gasteiger partial charge in [0.05, 0.1) is 30.1 Å². The van der Waals surface area contributed by atoms with Crippen LogP contribution in [0.4, 0.5) is 5.69 Å². The van der Waals surface area contributed by atoms with Crippen LogP contribution in [0.2, 0.25) is 0 Å². The third-order valence-corrected chi connectivity index (χ3v) is 4.50. The first kappa shape index (κ1) is 15.8. The van der Waals surface area contributed by atoms with Crippen LogP contribution in [0.1, 0.15) is 5.01 Å². The summed E-state index contributed by atoms with van der Waals surface area (Å²) in [5.74, 6) is 1.33. The Hall–Kier alpha value is -3.04. The van der Waals surface area contributed by atoms with E-state index >= 15 is 0 Å². The van der Waals surface area contributed by atoms with Gasteiger partial charge in [0.25, 0.3) is 0 Å². The van der Waals surface area contributed by atoms with Gasteiger partial charge < -0.3 is 14.8 Å². The van der Waals surface area contributed by atoms with Crippen molar-refractivity contribution in [3.05, 3.63) is 53.7 Å². The number of nitrogens with one attached hydrogen (secondary N) is 1. The molecule has 1 aromatic heterocycles. The highest BCUT2D eigenvalue weighted by Gasteiger charge is 2.09. The van der Waals surface area contributed by atoms with Crippen LogP contribution < -0.4 is 14.8 Å². The molecular formula is C18H15N3O2S. The number of methoxy groups -OCH3 is 2. The van der Waals surface area contributed by atoms with Crippen LogP contribution in [0.25, 0.3) is 15.8 Å². The van der Waals surface area contributed by atoms with Gasteiger partial charge in [-0.3, -0.25) is 0 Å². The van der Waals surface area contributed by atoms with Gasteiger partial charge in [-0.25, -0.2) is 4.98 Å². The van der Waals surface area contributed by atoms with Crippen LogP contribution >= 0.6 is 11.3 Å². The molecule has 6 heteroatoms. The van der Waals surface area contributed by atoms with Gasteiger partial charge in [0, 0.05) is 12.3 Å². The summed E-state index contributed by atoms with van der Waals surface area (Å²) in [4.78, 5) is 4.50. The van der Waals surface area contributed by atoms with Gasteiger partial charge in [-0.05, 0) is 24.3 Å². The highest BCUT2D eigenvalue weighted by molar-refractivity contribution is 7.19. The van der Waals surface area contributed by atoms with Crippen molar-refractivity contribution >= 4 is 32.8 Å². The molecule has 0 aliphatic carbocycles. The Morgan fingerprint density at radius 3 is 2.75 bits per heavy atom. The number of nitrogens with zero attached hydrogens (tertiary/aromatic N) is 2. The molecule has 3 aromatic rings. The SMILES string of the molecule is COc1ccc(N/C=C(\C#N)c2nc3ccccc3s2)c(OC)c1. The molecule has 2 aromatic carbocycles. The maximum Gasteiger partial charge on any atom is 0.145 e. The highest BCUT2D eigenvalue weighted by Crippen LogP contribution is 2.30. The summed E-state index contributed by atoms with van der Waals surface area (Å²) in [7, 11) is 3.19. The van der Waals surface area contributed by atoms with Gasteiger partial charge in [0.1, 0.15) is 28.1 Å². The van der Waals surface area contributed by atoms with Crippen molar-refractivity contribution < 1.29 is 9.47 Å². The monoisotopic (exact) mass is 337 g/mol. The Bertz CT molecular complexity index is 908. The topological polar surface area (TPSA) is 67.2 Å². The number of nitriles is 1. The second-order valence-corrected chi connectivity index (χ2v) is 5.90. The molecule has 0 fully saturated rings. The number of benzene rings is 2. The number of para-hydroxylation sites is 1. The van der Waals surface area contributed by atoms with Crippen LogP contribution in [0.3, 0.4) is 0 Å². The summed E-state index contributed by atoms with van der Waals surface area (Å²) in [6, 6.07) is 15.4. The lowest BCUT2D eigenvalue weighted by molar-refractivity contribution is 0.395. The molecule has 0 aliphatic rings. The first-order chi connectivity index (χ1) is 11.7. The minimum atomic E-state index is 0.467. The second-order valence-electron chi connectivity index (χ2n) is 4.87. The van der Waals surface area contributed by atoms with Crippen molar-refractivity contribution in [3.63, 3.8) is 0 Å². The minimum Gasteiger partial charge on any atom is -0.497 e. The molecule has 0 radical (unpaired) electrons. The number of anilines is 1. The molecule has 0 saturated carbocycles. The molecule has 0 atom stereocenters. The minimum absolute atomic E-state index is 0.467. The fourth-order valence-corrected chi connectivity index (χ4v) is 3.13. The standard InChI is InChI=1S/C18H15N3O2S/c1-22-13-7-8-14(16(9-13)23-2)20-11-12(10-19)18-21-15-5-3-4-6-17(15)24-18/h3-9,11,20H,1-2H3/b12-11+. The molecule has 1 N–H and O–H groups in total. The van der Waals surface area contributed by atoms with E-state index in [1.165, 1.54) is 11.3 Å². The lowest BCUT2D eigenvalue weighted by Gasteiger charge is -2.10. The number of fused-ring (bicyclic) bond motifs is 1. The number of hydrogen-bond acceptors (Lipinski definition) is 6. The molecule has 0 spiro atoms. The zero-order valence-corrected chi connectivity index (χ0v) is 14.1. The zero-order chi connectivity index (χ0) is 16.9. The second kappa shape index (κ2) is 7.02. The van der Waals surface area contributed by atoms with Crippen molar-refractivity contribution in [2.45, 2.75) is 0 Å². The Morgan fingerprint density at radius 2 is 2.04 bits per heavy atom. The predicted octanol–water partition coefficient (Wildman–Crippen LogP) is 4.29. The maximum atomic E-state index is 9.45. The molecule has 5 nitrogen and oxygen atoms in total. The normalized spacial score (nSPS) is 11.1. The van der Waals surface area contributed by atoms with E-state index in [4.69, 9.17) is 9.47 Å². The number of thiazole rings is 1. The van der Waals surface area contributed by atoms with E-state index in [2.05, 4.69) is 16.4 Å². The molecule has 0 amide bonds. The lowest BCUT2D eigenvalue weighted by atomic mass is 10.2. The molecule has 0 unspecified atom stereocenters. The van der Waals surface area contributed by atoms with Crippen LogP contribution in [0.5, 0.6) is 11.5 Å². The third-order valence-electron chi connectivity index (χ3n) is 3.43. The van der Waals surface area contributed by atoms with E-state index in [1.807, 2.05) is 36.4 Å². The van der Waals surface area contributed by atoms with Crippen molar-refractivity contribution in [3.8, 4) is 17.6 Å². The van der Waals surface area contributed by atoms with E-state index < -0.39 is 0 Å². The molecule has 3 rings (SSSR count). The molecule has 24 heavy (non-hydrogen) atoms. The zero-order valence-electron chi connectivity index (χ0n) is 13.2. The summed E-state index contributed by atoms with van der Waals surface area (Å²) in [5, 5.41) is 13.2. The van der Waals surface area contributed by atoms with E-state index in [9.17, 15) is 5.26 Å². The predicted molar refractivity (Wildman–Crippen MR) is 96.4 cm³/mol. The Kier molecular flexibility index (Phi) is 4.64. The highest BCUT2D eigenvalue weighted by atomic mass is 32.1. The van der Waals surface area contributed by atoms with Crippen molar-refractivity contribution in [1.29, 1.82) is 5.26 Å². The average Bonchev–Trinajstić information content (AvgIpc) is 3.06. The molecule has 0 aliphatic heterocycles. The number of allylic oxidation sites excluding steroid dienone is 1. The van der Waals surface area contributed by atoms with Crippen LogP contribution in [-0.4, -0.2) is 19.2 Å². The third kappa shape index (κ3) is 3.16. The lowest BCUT2D eigenvalue weighted by Crippen LogP contribution is -1.95. The van der Waals surface area contributed by atoms with E-state index in [1.54, 1.807) is 26.5 Å². The molecule has 0 saturated heterocycles. The number of ether oxygens (including phenoxy) is 2. The van der Waals surface area contributed by atoms with Crippen molar-refractivity contribution in [1.82, 2.24) is 4.98 Å². The van der Waals surface area contributed by atoms with Gasteiger partial charge in [0.15, 0.2) is 0 Å². The quantitative estimate of drug-likeness (QED) is 0.704. The number of aromatic nitrogens is 1. The van der Waals surface area contributed by atoms with E-state index in [0.29, 0.717) is 22.1 Å². The Balaban J connectivity index is 1.90. The summed E-state index contributed by atoms with van der Waals surface area (Å²) in [6.45, 7) is 0. The van der Waals surface area contributed by atoms with Crippen molar-refractivity contribution in [2.24, 2.45) is 0 Å². The van der Waals surface area contributed by atoms with Gasteiger partial charge in [-0.15, -0.1) is 11.3 Å². The van der Waals surface area contributed by atoms with Gasteiger partial charge >= 0.3 is 0 Å². The first-order valence-corrected chi connectivity index (χ1v) is 8.01. The molecular weight excluding hydrogens is 322 g/mol. The number of rotatable bonds is 5. The number of hydrogen-bond donors (Lipinski definition) is 1. The van der Waals surface area contributed by atoms with Gasteiger partial charge in [-0.1, -0.05) is 12.1 Å². The van der Waals surface area contributed by atoms with Crippen molar-refractivity contribution in [2.75, 3.05) is 19.5 Å². The first-order valence-electron chi connectivity index (χ1n) is 7.20. The molecule has 120 valence electrons. The maximum absolute atomic E-state index is 9.45. The van der Waals surface area contributed by atoms with Crippen LogP contribution in [-0.2, 0) is 0 Å². The largest absolute Gasteiger partial charge is 0.497 e. The molecule has 0 bridgehead atoms. The van der Waals surface area contributed by atoms with E-state index in [0.717, 1.165) is 15.9 Å². The van der Waals surface area contributed by atoms with Gasteiger partial charge in [0.2, 0.25) is 0 Å². The fourth-order valence-electron chi connectivity index (χ4n) is 2.20. The molecule has 1 heterocycles. The van der Waals surface area contributed by atoms with E-state index in [-0.39, 0.29) is 0 Å². The Labute approximate surface area is 143 Å². The van der Waals surface area contributed by atoms with Crippen LogP contribution in [0.15, 0.2) is 48.7 Å². The summed E-state index contributed by atoms with van der Waals surface area (Å²) in [5.41, 5.74) is 2.10. The Morgan fingerprint density at radius 1 is 1.21 bits per heavy atom. The average molecular weight is 337 g/mol. The summed E-state index contributed by atoms with van der Waals surface area (Å²) >= 11 is 1.49. The fraction of sp³-hybridized carbons (Fsp3) is 0.111. The smallest absolute Gasteiger partial charge is 0.145 e. The van der Waals surface area contributed by atoms with Gasteiger partial charge in [-0.2, -0.15) is 5.26 Å². The van der Waals surface area contributed by atoms with Crippen LogP contribution in [0, 0.1) is 11.3 Å². The summed E-state index contributed by atoms with van der Waals surface area (Å²) < 4.78 is 11.6. The summed E-state index contributed by atoms with van der Waals surface area (Å²) in [6.07, 6.45) is 1.64.